The highest BCUT2D eigenvalue weighted by Gasteiger charge is 2.13. The van der Waals surface area contributed by atoms with Gasteiger partial charge in [-0.15, -0.1) is 0 Å². The van der Waals surface area contributed by atoms with E-state index >= 15 is 0 Å². The Balaban J connectivity index is 3.27. The summed E-state index contributed by atoms with van der Waals surface area (Å²) in [6.45, 7) is 10.1. The van der Waals surface area contributed by atoms with E-state index in [4.69, 9.17) is 5.73 Å². The zero-order valence-electron chi connectivity index (χ0n) is 13.4. The van der Waals surface area contributed by atoms with Crippen LogP contribution in [0, 0.1) is 5.92 Å². The van der Waals surface area contributed by atoms with Crippen LogP contribution in [0.4, 0.5) is 0 Å². The molecule has 20 heavy (non-hydrogen) atoms. The second-order valence-electron chi connectivity index (χ2n) is 5.33. The van der Waals surface area contributed by atoms with Crippen molar-refractivity contribution in [3.8, 4) is 0 Å². The first-order valence-corrected chi connectivity index (χ1v) is 7.36. The van der Waals surface area contributed by atoms with E-state index in [0.29, 0.717) is 12.5 Å². The van der Waals surface area contributed by atoms with Crippen LogP contribution < -0.4 is 11.1 Å². The van der Waals surface area contributed by atoms with E-state index in [0.717, 1.165) is 30.1 Å². The van der Waals surface area contributed by atoms with Gasteiger partial charge in [-0.1, -0.05) is 26.8 Å². The van der Waals surface area contributed by atoms with Crippen LogP contribution in [0.15, 0.2) is 24.2 Å². The van der Waals surface area contributed by atoms with Crippen LogP contribution in [0.3, 0.4) is 0 Å². The third-order valence-corrected chi connectivity index (χ3v) is 3.25. The van der Waals surface area contributed by atoms with Crippen LogP contribution in [0.2, 0.25) is 0 Å². The number of imidazole rings is 1. The highest BCUT2D eigenvalue weighted by atomic mass is 15.1. The predicted octanol–water partition coefficient (Wildman–Crippen LogP) is 2.91. The molecule has 4 heteroatoms. The van der Waals surface area contributed by atoms with Crippen molar-refractivity contribution < 1.29 is 0 Å². The lowest BCUT2D eigenvalue weighted by molar-refractivity contribution is 0.669. The van der Waals surface area contributed by atoms with E-state index < -0.39 is 0 Å². The second kappa shape index (κ2) is 7.90. The minimum atomic E-state index is 0.467. The van der Waals surface area contributed by atoms with Crippen molar-refractivity contribution in [1.29, 1.82) is 0 Å². The van der Waals surface area contributed by atoms with Crippen molar-refractivity contribution in [3.05, 3.63) is 35.6 Å². The molecule has 0 saturated carbocycles. The molecule has 0 fully saturated rings. The quantitative estimate of drug-likeness (QED) is 0.753. The topological polar surface area (TPSA) is 55.9 Å². The van der Waals surface area contributed by atoms with E-state index in [1.807, 2.05) is 13.4 Å². The van der Waals surface area contributed by atoms with Gasteiger partial charge in [-0.3, -0.25) is 0 Å². The number of aromatic nitrogens is 2. The maximum Gasteiger partial charge on any atom is 0.0954 e. The lowest BCUT2D eigenvalue weighted by atomic mass is 10.1. The summed E-state index contributed by atoms with van der Waals surface area (Å²) in [4.78, 5) is 4.44. The number of nitrogens with one attached hydrogen (secondary N) is 1. The van der Waals surface area contributed by atoms with Gasteiger partial charge in [-0.2, -0.15) is 0 Å². The monoisotopic (exact) mass is 276 g/mol. The summed E-state index contributed by atoms with van der Waals surface area (Å²) >= 11 is 0. The fraction of sp³-hybridized carbons (Fsp3) is 0.562. The van der Waals surface area contributed by atoms with E-state index in [1.54, 1.807) is 0 Å². The normalized spacial score (nSPS) is 13.2. The van der Waals surface area contributed by atoms with Gasteiger partial charge in [0.1, 0.15) is 0 Å². The summed E-state index contributed by atoms with van der Waals surface area (Å²) in [6.07, 6.45) is 7.31. The minimum absolute atomic E-state index is 0.467. The first kappa shape index (κ1) is 16.5. The van der Waals surface area contributed by atoms with Gasteiger partial charge in [-0.25, -0.2) is 4.98 Å². The Morgan fingerprint density at radius 2 is 2.20 bits per heavy atom. The van der Waals surface area contributed by atoms with Gasteiger partial charge in [0.25, 0.3) is 0 Å². The fourth-order valence-corrected chi connectivity index (χ4v) is 2.23. The van der Waals surface area contributed by atoms with Gasteiger partial charge in [0, 0.05) is 25.8 Å². The first-order valence-electron chi connectivity index (χ1n) is 7.36. The number of nitrogens with zero attached hydrogens (tertiary/aromatic N) is 2. The molecule has 1 heterocycles. The maximum atomic E-state index is 5.82. The zero-order chi connectivity index (χ0) is 15.1. The van der Waals surface area contributed by atoms with Crippen LogP contribution in [-0.2, 0) is 13.1 Å². The van der Waals surface area contributed by atoms with Gasteiger partial charge in [0.05, 0.1) is 17.7 Å². The molecule has 0 unspecified atom stereocenters. The second-order valence-corrected chi connectivity index (χ2v) is 5.33. The number of aryl methyl sites for hydroxylation is 1. The average molecular weight is 276 g/mol. The van der Waals surface area contributed by atoms with Crippen molar-refractivity contribution in [1.82, 2.24) is 14.9 Å². The van der Waals surface area contributed by atoms with Crippen molar-refractivity contribution in [2.75, 3.05) is 7.05 Å². The van der Waals surface area contributed by atoms with Crippen LogP contribution >= 0.6 is 0 Å². The first-order chi connectivity index (χ1) is 9.54. The van der Waals surface area contributed by atoms with E-state index in [1.165, 1.54) is 5.57 Å². The van der Waals surface area contributed by atoms with Crippen molar-refractivity contribution in [2.45, 2.75) is 47.2 Å². The lowest BCUT2D eigenvalue weighted by Crippen LogP contribution is -2.11. The summed E-state index contributed by atoms with van der Waals surface area (Å²) in [6, 6.07) is 0. The maximum absolute atomic E-state index is 5.82. The predicted molar refractivity (Wildman–Crippen MR) is 86.0 cm³/mol. The number of rotatable bonds is 7. The number of hydrogen-bond donors (Lipinski definition) is 2. The molecule has 0 aliphatic rings. The van der Waals surface area contributed by atoms with Gasteiger partial charge in [-0.05, 0) is 30.9 Å². The number of likely N-dealkylation sites (N-methyl/N-ethyl adjacent to an activating group) is 1. The summed E-state index contributed by atoms with van der Waals surface area (Å²) in [7, 11) is 1.95. The molecule has 0 amide bonds. The van der Waals surface area contributed by atoms with Crippen molar-refractivity contribution in [3.63, 3.8) is 0 Å². The van der Waals surface area contributed by atoms with E-state index in [-0.39, 0.29) is 0 Å². The Kier molecular flexibility index (Phi) is 6.52. The molecule has 0 saturated heterocycles. The Labute approximate surface area is 122 Å². The molecule has 0 bridgehead atoms. The summed E-state index contributed by atoms with van der Waals surface area (Å²) in [5, 5.41) is 3.28. The molecule has 0 atom stereocenters. The molecule has 0 spiro atoms. The Bertz CT molecular complexity index is 481. The average Bonchev–Trinajstić information content (AvgIpc) is 2.82. The van der Waals surface area contributed by atoms with Crippen molar-refractivity contribution >= 4 is 5.57 Å². The van der Waals surface area contributed by atoms with Crippen molar-refractivity contribution in [2.24, 2.45) is 11.7 Å². The molecule has 1 aromatic rings. The molecular formula is C16H28N4. The molecule has 0 aliphatic heterocycles. The Morgan fingerprint density at radius 3 is 2.70 bits per heavy atom. The molecule has 1 rings (SSSR count). The number of nitrogens with two attached hydrogens (primary N) is 1. The third kappa shape index (κ3) is 3.97. The SMILES string of the molecule is CCCn1cnc(CN)c1/C(C)=C(/C=C\C(C)C)NC. The third-order valence-electron chi connectivity index (χ3n) is 3.25. The minimum Gasteiger partial charge on any atom is -0.388 e. The molecule has 112 valence electrons. The Morgan fingerprint density at radius 1 is 1.50 bits per heavy atom. The van der Waals surface area contributed by atoms with Crippen LogP contribution in [0.5, 0.6) is 0 Å². The zero-order valence-corrected chi connectivity index (χ0v) is 13.4. The molecule has 0 aliphatic carbocycles. The van der Waals surface area contributed by atoms with Gasteiger partial charge in [0.2, 0.25) is 0 Å². The summed E-state index contributed by atoms with van der Waals surface area (Å²) in [5.74, 6) is 0.528. The lowest BCUT2D eigenvalue weighted by Gasteiger charge is -2.13. The van der Waals surface area contributed by atoms with Crippen LogP contribution in [-0.4, -0.2) is 16.6 Å². The van der Waals surface area contributed by atoms with E-state index in [9.17, 15) is 0 Å². The summed E-state index contributed by atoms with van der Waals surface area (Å²) < 4.78 is 2.19. The smallest absolute Gasteiger partial charge is 0.0954 e. The highest BCUT2D eigenvalue weighted by molar-refractivity contribution is 5.68. The van der Waals surface area contributed by atoms with E-state index in [2.05, 4.69) is 54.7 Å². The molecule has 4 nitrogen and oxygen atoms in total. The van der Waals surface area contributed by atoms with Crippen LogP contribution in [0.1, 0.15) is 45.5 Å². The highest BCUT2D eigenvalue weighted by Crippen LogP contribution is 2.22. The molecule has 3 N–H and O–H groups in total. The standard InChI is InChI=1S/C16H28N4/c1-6-9-20-11-19-15(10-17)16(20)13(4)14(18-5)8-7-12(2)3/h7-8,11-12,18H,6,9-10,17H2,1-5H3/b8-7-,14-13-. The molecule has 1 aromatic heterocycles. The molecule has 0 radical (unpaired) electrons. The summed E-state index contributed by atoms with van der Waals surface area (Å²) in [5.41, 5.74) is 10.2. The molecule has 0 aromatic carbocycles. The molecular weight excluding hydrogens is 248 g/mol. The fourth-order valence-electron chi connectivity index (χ4n) is 2.23. The Hall–Kier alpha value is -1.55. The largest absolute Gasteiger partial charge is 0.388 e. The number of hydrogen-bond acceptors (Lipinski definition) is 3. The number of allylic oxidation sites excluding steroid dienone is 3. The van der Waals surface area contributed by atoms with Crippen LogP contribution in [0.25, 0.3) is 5.57 Å². The van der Waals surface area contributed by atoms with Gasteiger partial charge in [0.15, 0.2) is 0 Å². The van der Waals surface area contributed by atoms with Gasteiger partial charge >= 0.3 is 0 Å². The van der Waals surface area contributed by atoms with Gasteiger partial charge < -0.3 is 15.6 Å².